The molecule has 0 saturated carbocycles. The van der Waals surface area contributed by atoms with Crippen molar-refractivity contribution in [3.63, 3.8) is 0 Å². The molecule has 1 aromatic heterocycles. The highest BCUT2D eigenvalue weighted by Gasteiger charge is 2.22. The lowest BCUT2D eigenvalue weighted by Crippen LogP contribution is -2.21. The third kappa shape index (κ3) is 3.59. The SMILES string of the molecule is CC1N=C(c2nc(Cc3ccc(C(=O)O)cc3)cs2)Nc2c(Cl)cccc21. The van der Waals surface area contributed by atoms with E-state index in [4.69, 9.17) is 21.7 Å². The van der Waals surface area contributed by atoms with Gasteiger partial charge in [0.05, 0.1) is 28.0 Å². The van der Waals surface area contributed by atoms with E-state index in [9.17, 15) is 4.79 Å². The molecule has 4 rings (SSSR count). The highest BCUT2D eigenvalue weighted by molar-refractivity contribution is 7.12. The summed E-state index contributed by atoms with van der Waals surface area (Å²) in [6.45, 7) is 2.04. The van der Waals surface area contributed by atoms with Gasteiger partial charge < -0.3 is 10.4 Å². The maximum Gasteiger partial charge on any atom is 0.335 e. The van der Waals surface area contributed by atoms with Crippen LogP contribution in [-0.2, 0) is 6.42 Å². The summed E-state index contributed by atoms with van der Waals surface area (Å²) in [6.07, 6.45) is 0.635. The number of aliphatic imine (C=N–C) groups is 1. The Morgan fingerprint density at radius 3 is 2.78 bits per heavy atom. The molecule has 3 aromatic rings. The molecule has 0 spiro atoms. The summed E-state index contributed by atoms with van der Waals surface area (Å²) in [5, 5.41) is 15.8. The van der Waals surface area contributed by atoms with E-state index < -0.39 is 5.97 Å². The zero-order valence-corrected chi connectivity index (χ0v) is 16.0. The molecule has 2 aromatic carbocycles. The van der Waals surface area contributed by atoms with Gasteiger partial charge in [-0.1, -0.05) is 35.9 Å². The number of fused-ring (bicyclic) bond motifs is 1. The van der Waals surface area contributed by atoms with Crippen molar-refractivity contribution in [2.45, 2.75) is 19.4 Å². The molecule has 1 atom stereocenters. The molecule has 27 heavy (non-hydrogen) atoms. The molecule has 2 N–H and O–H groups in total. The zero-order valence-electron chi connectivity index (χ0n) is 14.4. The smallest absolute Gasteiger partial charge is 0.335 e. The summed E-state index contributed by atoms with van der Waals surface area (Å²) < 4.78 is 0. The molecular weight excluding hydrogens is 382 g/mol. The minimum Gasteiger partial charge on any atom is -0.478 e. The van der Waals surface area contributed by atoms with Crippen LogP contribution >= 0.6 is 22.9 Å². The van der Waals surface area contributed by atoms with Crippen LogP contribution < -0.4 is 5.32 Å². The van der Waals surface area contributed by atoms with E-state index in [0.717, 1.165) is 33.4 Å². The van der Waals surface area contributed by atoms with Crippen molar-refractivity contribution >= 4 is 40.4 Å². The minimum atomic E-state index is -0.924. The third-order valence-electron chi connectivity index (χ3n) is 4.40. The van der Waals surface area contributed by atoms with Crippen LogP contribution in [0.5, 0.6) is 0 Å². The first kappa shape index (κ1) is 17.7. The fourth-order valence-electron chi connectivity index (χ4n) is 3.01. The number of anilines is 1. The standard InChI is InChI=1S/C20H16ClN3O2S/c1-11-15-3-2-4-16(21)17(15)24-18(22-11)19-23-14(10-27-19)9-12-5-7-13(8-6-12)20(25)26/h2-8,10-11H,9H2,1H3,(H,22,24)(H,25,26). The van der Waals surface area contributed by atoms with Gasteiger partial charge in [-0.25, -0.2) is 9.78 Å². The fraction of sp³-hybridized carbons (Fsp3) is 0.150. The Bertz CT molecular complexity index is 1040. The number of carboxylic acids is 1. The molecular formula is C20H16ClN3O2S. The number of hydrogen-bond donors (Lipinski definition) is 2. The lowest BCUT2D eigenvalue weighted by Gasteiger charge is -2.22. The molecule has 0 radical (unpaired) electrons. The molecule has 7 heteroatoms. The first-order chi connectivity index (χ1) is 13.0. The van der Waals surface area contributed by atoms with Crippen molar-refractivity contribution in [1.82, 2.24) is 4.98 Å². The first-order valence-electron chi connectivity index (χ1n) is 8.41. The summed E-state index contributed by atoms with van der Waals surface area (Å²) in [5.74, 6) is -0.201. The van der Waals surface area contributed by atoms with Crippen LogP contribution in [0.4, 0.5) is 5.69 Å². The molecule has 2 heterocycles. The Balaban J connectivity index is 1.54. The van der Waals surface area contributed by atoms with Crippen LogP contribution in [0.25, 0.3) is 0 Å². The van der Waals surface area contributed by atoms with Crippen molar-refractivity contribution in [3.8, 4) is 0 Å². The minimum absolute atomic E-state index is 0.00543. The Kier molecular flexibility index (Phi) is 4.68. The largest absolute Gasteiger partial charge is 0.478 e. The van der Waals surface area contributed by atoms with Crippen LogP contribution in [0.2, 0.25) is 5.02 Å². The second kappa shape index (κ2) is 7.13. The number of nitrogens with zero attached hydrogens (tertiary/aromatic N) is 2. The molecule has 0 aliphatic carbocycles. The zero-order chi connectivity index (χ0) is 19.0. The average Bonchev–Trinajstić information content (AvgIpc) is 3.11. The highest BCUT2D eigenvalue weighted by Crippen LogP contribution is 2.36. The number of carboxylic acid groups (broad SMARTS) is 1. The first-order valence-corrected chi connectivity index (χ1v) is 9.67. The molecule has 0 saturated heterocycles. The van der Waals surface area contributed by atoms with Gasteiger partial charge in [0.1, 0.15) is 0 Å². The lowest BCUT2D eigenvalue weighted by atomic mass is 10.0. The van der Waals surface area contributed by atoms with Gasteiger partial charge in [-0.2, -0.15) is 0 Å². The predicted molar refractivity (Wildman–Crippen MR) is 108 cm³/mol. The molecule has 5 nitrogen and oxygen atoms in total. The van der Waals surface area contributed by atoms with Crippen molar-refractivity contribution in [1.29, 1.82) is 0 Å². The summed E-state index contributed by atoms with van der Waals surface area (Å²) in [6, 6.07) is 12.7. The van der Waals surface area contributed by atoms with Gasteiger partial charge in [0, 0.05) is 17.4 Å². The van der Waals surface area contributed by atoms with E-state index in [-0.39, 0.29) is 11.6 Å². The summed E-state index contributed by atoms with van der Waals surface area (Å²) in [7, 11) is 0. The van der Waals surface area contributed by atoms with Crippen LogP contribution in [0.15, 0.2) is 52.8 Å². The molecule has 0 amide bonds. The topological polar surface area (TPSA) is 74.6 Å². The normalized spacial score (nSPS) is 15.6. The van der Waals surface area contributed by atoms with Gasteiger partial charge in [-0.05, 0) is 30.7 Å². The van der Waals surface area contributed by atoms with Gasteiger partial charge in [-0.15, -0.1) is 11.3 Å². The summed E-state index contributed by atoms with van der Waals surface area (Å²) in [5.41, 5.74) is 4.17. The highest BCUT2D eigenvalue weighted by atomic mass is 35.5. The Hall–Kier alpha value is -2.70. The average molecular weight is 398 g/mol. The number of rotatable bonds is 4. The van der Waals surface area contributed by atoms with Gasteiger partial charge in [-0.3, -0.25) is 4.99 Å². The number of aromatic nitrogens is 1. The summed E-state index contributed by atoms with van der Waals surface area (Å²) in [4.78, 5) is 20.4. The van der Waals surface area contributed by atoms with E-state index in [1.807, 2.05) is 42.6 Å². The maximum absolute atomic E-state index is 10.9. The molecule has 1 aliphatic heterocycles. The van der Waals surface area contributed by atoms with E-state index >= 15 is 0 Å². The predicted octanol–water partition coefficient (Wildman–Crippen LogP) is 5.02. The van der Waals surface area contributed by atoms with Crippen LogP contribution in [0.3, 0.4) is 0 Å². The molecule has 136 valence electrons. The second-order valence-electron chi connectivity index (χ2n) is 6.31. The molecule has 1 aliphatic rings. The van der Waals surface area contributed by atoms with Gasteiger partial charge in [0.15, 0.2) is 10.8 Å². The summed E-state index contributed by atoms with van der Waals surface area (Å²) >= 11 is 7.86. The number of thiazole rings is 1. The van der Waals surface area contributed by atoms with Gasteiger partial charge in [0.25, 0.3) is 0 Å². The number of halogens is 1. The van der Waals surface area contributed by atoms with E-state index in [1.165, 1.54) is 11.3 Å². The number of hydrogen-bond acceptors (Lipinski definition) is 5. The third-order valence-corrected chi connectivity index (χ3v) is 5.62. The monoisotopic (exact) mass is 397 g/mol. The van der Waals surface area contributed by atoms with Crippen LogP contribution in [0.1, 0.15) is 45.2 Å². The van der Waals surface area contributed by atoms with Gasteiger partial charge in [0.2, 0.25) is 0 Å². The lowest BCUT2D eigenvalue weighted by molar-refractivity contribution is 0.0697. The maximum atomic E-state index is 10.9. The second-order valence-corrected chi connectivity index (χ2v) is 7.57. The van der Waals surface area contributed by atoms with Crippen molar-refractivity contribution in [3.05, 3.63) is 80.3 Å². The van der Waals surface area contributed by atoms with E-state index in [1.54, 1.807) is 12.1 Å². The van der Waals surface area contributed by atoms with E-state index in [0.29, 0.717) is 11.4 Å². The van der Waals surface area contributed by atoms with Crippen LogP contribution in [0, 0.1) is 0 Å². The van der Waals surface area contributed by atoms with Gasteiger partial charge >= 0.3 is 5.97 Å². The number of para-hydroxylation sites is 1. The number of carbonyl (C=O) groups is 1. The number of nitrogens with one attached hydrogen (secondary N) is 1. The van der Waals surface area contributed by atoms with Crippen molar-refractivity contribution in [2.24, 2.45) is 4.99 Å². The molecule has 0 bridgehead atoms. The molecule has 0 fully saturated rings. The van der Waals surface area contributed by atoms with E-state index in [2.05, 4.69) is 10.3 Å². The van der Waals surface area contributed by atoms with Crippen molar-refractivity contribution in [2.75, 3.05) is 5.32 Å². The van der Waals surface area contributed by atoms with Crippen LogP contribution in [-0.4, -0.2) is 21.9 Å². The number of amidine groups is 1. The van der Waals surface area contributed by atoms with Crippen molar-refractivity contribution < 1.29 is 9.90 Å². The Labute approximate surface area is 165 Å². The fourth-order valence-corrected chi connectivity index (χ4v) is 4.01. The molecule has 1 unspecified atom stereocenters. The number of benzene rings is 2. The number of aromatic carboxylic acids is 1. The Morgan fingerprint density at radius 2 is 2.04 bits per heavy atom. The quantitative estimate of drug-likeness (QED) is 0.648. The Morgan fingerprint density at radius 1 is 1.26 bits per heavy atom.